The third kappa shape index (κ3) is 3.27. The fourth-order valence-electron chi connectivity index (χ4n) is 2.38. The SMILES string of the molecule is CCC1Sc2cc(N)ccc2N(CCCN(C)C)C1=O. The minimum atomic E-state index is 0.0173. The number of anilines is 2. The maximum Gasteiger partial charge on any atom is 0.240 e. The molecule has 0 bridgehead atoms. The molecule has 110 valence electrons. The molecule has 20 heavy (non-hydrogen) atoms. The lowest BCUT2D eigenvalue weighted by Gasteiger charge is -2.33. The van der Waals surface area contributed by atoms with Crippen LogP contribution in [0.15, 0.2) is 23.1 Å². The Kier molecular flexibility index (Phi) is 4.94. The summed E-state index contributed by atoms with van der Waals surface area (Å²) in [4.78, 5) is 17.7. The van der Waals surface area contributed by atoms with E-state index in [-0.39, 0.29) is 11.2 Å². The van der Waals surface area contributed by atoms with Gasteiger partial charge in [0.05, 0.1) is 10.9 Å². The summed E-state index contributed by atoms with van der Waals surface area (Å²) in [6, 6.07) is 5.82. The number of fused-ring (bicyclic) bond motifs is 1. The smallest absolute Gasteiger partial charge is 0.240 e. The van der Waals surface area contributed by atoms with Crippen LogP contribution in [0.5, 0.6) is 0 Å². The van der Waals surface area contributed by atoms with Crippen LogP contribution in [0.25, 0.3) is 0 Å². The van der Waals surface area contributed by atoms with E-state index in [1.165, 1.54) is 0 Å². The number of nitrogens with zero attached hydrogens (tertiary/aromatic N) is 2. The summed E-state index contributed by atoms with van der Waals surface area (Å²) in [6.45, 7) is 3.81. The summed E-state index contributed by atoms with van der Waals surface area (Å²) in [5, 5.41) is 0.0173. The van der Waals surface area contributed by atoms with Crippen molar-refractivity contribution >= 4 is 29.0 Å². The van der Waals surface area contributed by atoms with Crippen molar-refractivity contribution in [3.8, 4) is 0 Å². The number of rotatable bonds is 5. The third-order valence-corrected chi connectivity index (χ3v) is 4.84. The molecule has 0 aliphatic carbocycles. The topological polar surface area (TPSA) is 49.6 Å². The highest BCUT2D eigenvalue weighted by molar-refractivity contribution is 8.01. The van der Waals surface area contributed by atoms with E-state index >= 15 is 0 Å². The molecule has 1 aromatic carbocycles. The highest BCUT2D eigenvalue weighted by atomic mass is 32.2. The quantitative estimate of drug-likeness (QED) is 0.847. The number of nitrogen functional groups attached to an aromatic ring is 1. The molecule has 0 spiro atoms. The Morgan fingerprint density at radius 3 is 2.80 bits per heavy atom. The van der Waals surface area contributed by atoms with Gasteiger partial charge in [-0.25, -0.2) is 0 Å². The molecule has 2 rings (SSSR count). The van der Waals surface area contributed by atoms with E-state index in [2.05, 4.69) is 25.9 Å². The van der Waals surface area contributed by atoms with Gasteiger partial charge in [0, 0.05) is 17.1 Å². The van der Waals surface area contributed by atoms with Gasteiger partial charge in [0.25, 0.3) is 0 Å². The summed E-state index contributed by atoms with van der Waals surface area (Å²) in [5.41, 5.74) is 7.64. The van der Waals surface area contributed by atoms with Crippen molar-refractivity contribution in [2.45, 2.75) is 29.9 Å². The first kappa shape index (κ1) is 15.2. The minimum Gasteiger partial charge on any atom is -0.399 e. The van der Waals surface area contributed by atoms with Crippen molar-refractivity contribution in [1.29, 1.82) is 0 Å². The molecule has 0 radical (unpaired) electrons. The van der Waals surface area contributed by atoms with Gasteiger partial charge in [0.1, 0.15) is 0 Å². The normalized spacial score (nSPS) is 18.5. The Hall–Kier alpha value is -1.20. The number of thioether (sulfide) groups is 1. The highest BCUT2D eigenvalue weighted by Gasteiger charge is 2.32. The zero-order valence-corrected chi connectivity index (χ0v) is 13.2. The summed E-state index contributed by atoms with van der Waals surface area (Å²) < 4.78 is 0. The van der Waals surface area contributed by atoms with Crippen molar-refractivity contribution in [3.63, 3.8) is 0 Å². The van der Waals surface area contributed by atoms with Gasteiger partial charge < -0.3 is 15.5 Å². The molecule has 4 nitrogen and oxygen atoms in total. The molecule has 1 aromatic rings. The van der Waals surface area contributed by atoms with Crippen LogP contribution < -0.4 is 10.6 Å². The molecule has 1 unspecified atom stereocenters. The largest absolute Gasteiger partial charge is 0.399 e. The first-order chi connectivity index (χ1) is 9.52. The fourth-order valence-corrected chi connectivity index (χ4v) is 3.58. The van der Waals surface area contributed by atoms with E-state index in [1.807, 2.05) is 23.1 Å². The van der Waals surface area contributed by atoms with Gasteiger partial charge in [0.15, 0.2) is 0 Å². The average molecular weight is 293 g/mol. The molecule has 0 aromatic heterocycles. The second kappa shape index (κ2) is 6.50. The fraction of sp³-hybridized carbons (Fsp3) is 0.533. The summed E-state index contributed by atoms with van der Waals surface area (Å²) in [6.07, 6.45) is 1.82. The standard InChI is InChI=1S/C15H23N3OS/c1-4-13-15(19)18(9-5-8-17(2)3)12-7-6-11(16)10-14(12)20-13/h6-7,10,13H,4-5,8-9,16H2,1-3H3. The Balaban J connectivity index is 2.22. The predicted octanol–water partition coefficient (Wildman–Crippen LogP) is 2.44. The summed E-state index contributed by atoms with van der Waals surface area (Å²) >= 11 is 1.64. The molecule has 1 aliphatic heterocycles. The van der Waals surface area contributed by atoms with Gasteiger partial charge in [-0.1, -0.05) is 6.92 Å². The van der Waals surface area contributed by atoms with Crippen LogP contribution in [-0.4, -0.2) is 43.2 Å². The monoisotopic (exact) mass is 293 g/mol. The van der Waals surface area contributed by atoms with E-state index in [9.17, 15) is 4.79 Å². The molecule has 1 amide bonds. The van der Waals surface area contributed by atoms with Crippen molar-refractivity contribution in [1.82, 2.24) is 4.90 Å². The average Bonchev–Trinajstić information content (AvgIpc) is 2.40. The first-order valence-electron chi connectivity index (χ1n) is 7.05. The predicted molar refractivity (Wildman–Crippen MR) is 86.3 cm³/mol. The van der Waals surface area contributed by atoms with E-state index in [1.54, 1.807) is 11.8 Å². The number of carbonyl (C=O) groups excluding carboxylic acids is 1. The summed E-state index contributed by atoms with van der Waals surface area (Å²) in [7, 11) is 4.11. The van der Waals surface area contributed by atoms with E-state index in [0.29, 0.717) is 0 Å². The van der Waals surface area contributed by atoms with Gasteiger partial charge in [0.2, 0.25) is 5.91 Å². The van der Waals surface area contributed by atoms with Gasteiger partial charge in [-0.3, -0.25) is 4.79 Å². The molecule has 0 saturated carbocycles. The van der Waals surface area contributed by atoms with Crippen LogP contribution in [0.1, 0.15) is 19.8 Å². The molecular formula is C15H23N3OS. The Labute approximate surface area is 125 Å². The van der Waals surface area contributed by atoms with Crippen LogP contribution >= 0.6 is 11.8 Å². The lowest BCUT2D eigenvalue weighted by Crippen LogP contribution is -2.42. The minimum absolute atomic E-state index is 0.0173. The number of carbonyl (C=O) groups is 1. The Bertz CT molecular complexity index is 490. The molecule has 1 aliphatic rings. The zero-order chi connectivity index (χ0) is 14.7. The number of benzene rings is 1. The number of nitrogens with two attached hydrogens (primary N) is 1. The molecular weight excluding hydrogens is 270 g/mol. The number of amides is 1. The van der Waals surface area contributed by atoms with Crippen molar-refractivity contribution in [2.24, 2.45) is 0 Å². The molecule has 1 atom stereocenters. The molecule has 0 saturated heterocycles. The van der Waals surface area contributed by atoms with Crippen molar-refractivity contribution in [3.05, 3.63) is 18.2 Å². The zero-order valence-electron chi connectivity index (χ0n) is 12.4. The molecule has 0 fully saturated rings. The van der Waals surface area contributed by atoms with E-state index in [0.717, 1.165) is 42.2 Å². The summed E-state index contributed by atoms with van der Waals surface area (Å²) in [5.74, 6) is 0.230. The van der Waals surface area contributed by atoms with E-state index in [4.69, 9.17) is 5.73 Å². The second-order valence-corrected chi connectivity index (χ2v) is 6.63. The lowest BCUT2D eigenvalue weighted by molar-refractivity contribution is -0.118. The van der Waals surface area contributed by atoms with Crippen molar-refractivity contribution < 1.29 is 4.79 Å². The maximum atomic E-state index is 12.5. The number of hydrogen-bond acceptors (Lipinski definition) is 4. The Morgan fingerprint density at radius 2 is 2.15 bits per heavy atom. The van der Waals surface area contributed by atoms with Crippen LogP contribution in [0.3, 0.4) is 0 Å². The lowest BCUT2D eigenvalue weighted by atomic mass is 10.2. The van der Waals surface area contributed by atoms with Gasteiger partial charge in [-0.2, -0.15) is 0 Å². The van der Waals surface area contributed by atoms with Gasteiger partial charge in [-0.15, -0.1) is 11.8 Å². The highest BCUT2D eigenvalue weighted by Crippen LogP contribution is 2.41. The maximum absolute atomic E-state index is 12.5. The molecule has 5 heteroatoms. The van der Waals surface area contributed by atoms with E-state index < -0.39 is 0 Å². The Morgan fingerprint density at radius 1 is 1.40 bits per heavy atom. The van der Waals surface area contributed by atoms with Crippen molar-refractivity contribution in [2.75, 3.05) is 37.8 Å². The van der Waals surface area contributed by atoms with Gasteiger partial charge in [-0.05, 0) is 51.7 Å². The first-order valence-corrected chi connectivity index (χ1v) is 7.93. The molecule has 2 N–H and O–H groups in total. The van der Waals surface area contributed by atoms with Crippen LogP contribution in [0, 0.1) is 0 Å². The molecule has 1 heterocycles. The van der Waals surface area contributed by atoms with Crippen LogP contribution in [0.2, 0.25) is 0 Å². The van der Waals surface area contributed by atoms with Gasteiger partial charge >= 0.3 is 0 Å². The van der Waals surface area contributed by atoms with Crippen LogP contribution in [0.4, 0.5) is 11.4 Å². The third-order valence-electron chi connectivity index (χ3n) is 3.44. The second-order valence-electron chi connectivity index (χ2n) is 5.39. The van der Waals surface area contributed by atoms with Crippen LogP contribution in [-0.2, 0) is 4.79 Å². The number of hydrogen-bond donors (Lipinski definition) is 1.